The lowest BCUT2D eigenvalue weighted by Gasteiger charge is -2.35. The van der Waals surface area contributed by atoms with Gasteiger partial charge in [-0.15, -0.1) is 0 Å². The van der Waals surface area contributed by atoms with Crippen molar-refractivity contribution >= 4 is 11.9 Å². The van der Waals surface area contributed by atoms with Crippen LogP contribution in [-0.4, -0.2) is 97.6 Å². The zero-order chi connectivity index (χ0) is 28.5. The Morgan fingerprint density at radius 3 is 1.77 bits per heavy atom. The van der Waals surface area contributed by atoms with Crippen LogP contribution >= 0.6 is 0 Å². The number of nitrogens with one attached hydrogen (secondary N) is 1. The van der Waals surface area contributed by atoms with Crippen molar-refractivity contribution in [3.8, 4) is 5.75 Å². The molecule has 218 valence electrons. The van der Waals surface area contributed by atoms with E-state index in [0.717, 1.165) is 43.1 Å². The van der Waals surface area contributed by atoms with Crippen molar-refractivity contribution in [1.82, 2.24) is 24.9 Å². The molecule has 3 amide bonds. The van der Waals surface area contributed by atoms with Crippen molar-refractivity contribution in [1.29, 1.82) is 0 Å². The maximum absolute atomic E-state index is 12.7. The van der Waals surface area contributed by atoms with Crippen molar-refractivity contribution in [2.75, 3.05) is 66.0 Å². The number of urea groups is 1. The maximum atomic E-state index is 12.7. The third-order valence-electron chi connectivity index (χ3n) is 7.48. The average molecular weight is 562 g/mol. The molecule has 0 saturated carbocycles. The molecule has 0 atom stereocenters. The summed E-state index contributed by atoms with van der Waals surface area (Å²) in [7, 11) is 1.65. The Kier molecular flexibility index (Phi) is 10.3. The minimum absolute atomic E-state index is 0.0653. The Hall–Kier alpha value is -3.31. The lowest BCUT2D eigenvalue weighted by atomic mass is 10.1. The Morgan fingerprint density at radius 2 is 1.27 bits per heavy atom. The highest BCUT2D eigenvalue weighted by Gasteiger charge is 2.30. The van der Waals surface area contributed by atoms with E-state index >= 15 is 0 Å². The fraction of sp³-hybridized carbons (Fsp3) is 0.517. The van der Waals surface area contributed by atoms with Gasteiger partial charge in [0.2, 0.25) is 5.91 Å². The number of methoxy groups -OCH3 is 1. The molecule has 40 heavy (non-hydrogen) atoms. The summed E-state index contributed by atoms with van der Waals surface area (Å²) in [6.45, 7) is 7.32. The first-order chi connectivity index (χ1) is 19.2. The van der Waals surface area contributed by atoms with Crippen molar-refractivity contribution in [3.63, 3.8) is 0 Å². The molecular formula is C29H38F3N5O3. The van der Waals surface area contributed by atoms with E-state index in [0.29, 0.717) is 65.2 Å². The van der Waals surface area contributed by atoms with Gasteiger partial charge in [0.25, 0.3) is 0 Å². The summed E-state index contributed by atoms with van der Waals surface area (Å²) < 4.78 is 43.5. The van der Waals surface area contributed by atoms with Crippen LogP contribution in [0, 0.1) is 0 Å². The number of nitrogens with zero attached hydrogens (tertiary/aromatic N) is 4. The lowest BCUT2D eigenvalue weighted by Crippen LogP contribution is -2.51. The predicted molar refractivity (Wildman–Crippen MR) is 146 cm³/mol. The van der Waals surface area contributed by atoms with Crippen molar-refractivity contribution < 1.29 is 27.5 Å². The van der Waals surface area contributed by atoms with Crippen LogP contribution in [0.4, 0.5) is 18.0 Å². The van der Waals surface area contributed by atoms with Crippen LogP contribution < -0.4 is 10.1 Å². The molecule has 2 aromatic rings. The highest BCUT2D eigenvalue weighted by molar-refractivity contribution is 5.76. The molecule has 2 saturated heterocycles. The summed E-state index contributed by atoms with van der Waals surface area (Å²) in [5.74, 6) is 0.903. The Bertz CT molecular complexity index is 1100. The van der Waals surface area contributed by atoms with Crippen LogP contribution in [-0.2, 0) is 24.1 Å². The molecule has 2 aliphatic heterocycles. The van der Waals surface area contributed by atoms with Crippen LogP contribution in [0.3, 0.4) is 0 Å². The minimum Gasteiger partial charge on any atom is -0.497 e. The van der Waals surface area contributed by atoms with E-state index in [4.69, 9.17) is 4.74 Å². The average Bonchev–Trinajstić information content (AvgIpc) is 2.96. The summed E-state index contributed by atoms with van der Waals surface area (Å²) in [6, 6.07) is 13.2. The predicted octanol–water partition coefficient (Wildman–Crippen LogP) is 3.67. The molecule has 2 heterocycles. The summed E-state index contributed by atoms with van der Waals surface area (Å²) in [6.07, 6.45) is -3.38. The Balaban J connectivity index is 1.07. The van der Waals surface area contributed by atoms with E-state index < -0.39 is 11.7 Å². The largest absolute Gasteiger partial charge is 0.497 e. The van der Waals surface area contributed by atoms with E-state index in [1.54, 1.807) is 7.11 Å². The fourth-order valence-corrected chi connectivity index (χ4v) is 5.02. The smallest absolute Gasteiger partial charge is 0.416 e. The lowest BCUT2D eigenvalue weighted by molar-refractivity contribution is -0.137. The normalized spacial score (nSPS) is 17.1. The number of hydrogen-bond donors (Lipinski definition) is 1. The van der Waals surface area contributed by atoms with Gasteiger partial charge in [0, 0.05) is 78.4 Å². The first-order valence-electron chi connectivity index (χ1n) is 13.8. The van der Waals surface area contributed by atoms with Gasteiger partial charge < -0.3 is 19.9 Å². The molecule has 0 aliphatic carbocycles. The first-order valence-corrected chi connectivity index (χ1v) is 13.8. The van der Waals surface area contributed by atoms with Gasteiger partial charge in [0.1, 0.15) is 5.75 Å². The van der Waals surface area contributed by atoms with Crippen molar-refractivity contribution in [2.24, 2.45) is 0 Å². The van der Waals surface area contributed by atoms with Crippen LogP contribution in [0.2, 0.25) is 0 Å². The van der Waals surface area contributed by atoms with Gasteiger partial charge in [0.15, 0.2) is 0 Å². The first kappa shape index (κ1) is 29.7. The standard InChI is InChI=1S/C29H38F3N5O3/c1-40-26-10-6-24(7-11-26)22-35-15-19-37(20-16-35)28(39)33-12-2-3-27(38)36-17-13-34(14-18-36)21-23-4-8-25(9-5-23)29(30,31)32/h4-11H,2-3,12-22H2,1H3,(H,33,39). The molecule has 4 rings (SSSR count). The molecule has 0 unspecified atom stereocenters. The molecule has 1 N–H and O–H groups in total. The van der Waals surface area contributed by atoms with E-state index in [2.05, 4.69) is 27.2 Å². The van der Waals surface area contributed by atoms with E-state index in [9.17, 15) is 22.8 Å². The molecule has 2 fully saturated rings. The van der Waals surface area contributed by atoms with Crippen LogP contribution in [0.25, 0.3) is 0 Å². The molecule has 0 aromatic heterocycles. The molecule has 0 bridgehead atoms. The molecule has 2 aromatic carbocycles. The number of rotatable bonds is 9. The van der Waals surface area contributed by atoms with E-state index in [1.165, 1.54) is 17.7 Å². The van der Waals surface area contributed by atoms with Crippen LogP contribution in [0.15, 0.2) is 48.5 Å². The van der Waals surface area contributed by atoms with Crippen LogP contribution in [0.5, 0.6) is 5.75 Å². The topological polar surface area (TPSA) is 68.4 Å². The second kappa shape index (κ2) is 13.8. The van der Waals surface area contributed by atoms with Gasteiger partial charge in [0.05, 0.1) is 12.7 Å². The Labute approximate surface area is 233 Å². The zero-order valence-electron chi connectivity index (χ0n) is 23.0. The van der Waals surface area contributed by atoms with Gasteiger partial charge in [-0.3, -0.25) is 14.6 Å². The molecule has 0 radical (unpaired) electrons. The summed E-state index contributed by atoms with van der Waals surface area (Å²) in [5.41, 5.74) is 1.39. The van der Waals surface area contributed by atoms with Crippen LogP contribution in [0.1, 0.15) is 29.5 Å². The SMILES string of the molecule is COc1ccc(CN2CCN(C(=O)NCCCC(=O)N3CCN(Cc4ccc(C(F)(F)F)cc4)CC3)CC2)cc1. The molecule has 8 nitrogen and oxygen atoms in total. The van der Waals surface area contributed by atoms with Gasteiger partial charge in [-0.2, -0.15) is 13.2 Å². The number of carbonyl (C=O) groups excluding carboxylic acids is 2. The number of piperazine rings is 2. The monoisotopic (exact) mass is 561 g/mol. The summed E-state index contributed by atoms with van der Waals surface area (Å²) in [5, 5.41) is 2.94. The number of benzene rings is 2. The zero-order valence-corrected chi connectivity index (χ0v) is 23.0. The third kappa shape index (κ3) is 8.59. The number of alkyl halides is 3. The second-order valence-corrected chi connectivity index (χ2v) is 10.3. The molecule has 0 spiro atoms. The van der Waals surface area contributed by atoms with Crippen molar-refractivity contribution in [3.05, 3.63) is 65.2 Å². The number of amides is 3. The third-order valence-corrected chi connectivity index (χ3v) is 7.48. The minimum atomic E-state index is -4.33. The van der Waals surface area contributed by atoms with Gasteiger partial charge in [-0.1, -0.05) is 24.3 Å². The molecule has 11 heteroatoms. The second-order valence-electron chi connectivity index (χ2n) is 10.3. The number of carbonyl (C=O) groups is 2. The Morgan fingerprint density at radius 1 is 0.775 bits per heavy atom. The van der Waals surface area contributed by atoms with E-state index in [1.807, 2.05) is 21.9 Å². The number of halogens is 3. The van der Waals surface area contributed by atoms with E-state index in [-0.39, 0.29) is 11.9 Å². The van der Waals surface area contributed by atoms with Gasteiger partial charge in [-0.25, -0.2) is 4.79 Å². The number of ether oxygens (including phenoxy) is 1. The highest BCUT2D eigenvalue weighted by atomic mass is 19.4. The van der Waals surface area contributed by atoms with Gasteiger partial charge in [-0.05, 0) is 41.8 Å². The highest BCUT2D eigenvalue weighted by Crippen LogP contribution is 2.29. The quantitative estimate of drug-likeness (QED) is 0.474. The summed E-state index contributed by atoms with van der Waals surface area (Å²) >= 11 is 0. The number of hydrogen-bond acceptors (Lipinski definition) is 5. The maximum Gasteiger partial charge on any atom is 0.416 e. The van der Waals surface area contributed by atoms with Gasteiger partial charge >= 0.3 is 12.2 Å². The molecule has 2 aliphatic rings. The summed E-state index contributed by atoms with van der Waals surface area (Å²) in [4.78, 5) is 33.3. The van der Waals surface area contributed by atoms with Crippen molar-refractivity contribution in [2.45, 2.75) is 32.1 Å². The fourth-order valence-electron chi connectivity index (χ4n) is 5.02. The molecular weight excluding hydrogens is 523 g/mol.